The number of nitrogens with zero attached hydrogens (tertiary/aromatic N) is 1. The van der Waals surface area contributed by atoms with Crippen LogP contribution < -0.4 is 5.32 Å². The van der Waals surface area contributed by atoms with Crippen LogP contribution in [0.5, 0.6) is 0 Å². The predicted molar refractivity (Wildman–Crippen MR) is 109 cm³/mol. The number of rotatable bonds is 6. The molecule has 140 valence electrons. The molecule has 3 rings (SSSR count). The van der Waals surface area contributed by atoms with Gasteiger partial charge in [0.2, 0.25) is 0 Å². The van der Waals surface area contributed by atoms with Crippen LogP contribution in [-0.4, -0.2) is 22.8 Å². The lowest BCUT2D eigenvalue weighted by Crippen LogP contribution is -2.38. The molecule has 0 aliphatic heterocycles. The summed E-state index contributed by atoms with van der Waals surface area (Å²) in [5, 5.41) is 4.16. The van der Waals surface area contributed by atoms with Crippen molar-refractivity contribution in [1.82, 2.24) is 9.88 Å². The second-order valence-corrected chi connectivity index (χ2v) is 7.25. The summed E-state index contributed by atoms with van der Waals surface area (Å²) >= 11 is 0. The molecule has 2 aromatic carbocycles. The highest BCUT2D eigenvalue weighted by Gasteiger charge is 2.21. The Morgan fingerprint density at radius 1 is 1.11 bits per heavy atom. The van der Waals surface area contributed by atoms with Gasteiger partial charge in [-0.05, 0) is 61.6 Å². The quantitative estimate of drug-likeness (QED) is 0.673. The lowest BCUT2D eigenvalue weighted by molar-refractivity contribution is -0.108. The molecule has 1 aromatic heterocycles. The molecule has 0 saturated carbocycles. The summed E-state index contributed by atoms with van der Waals surface area (Å²) in [7, 11) is 1.92. The Morgan fingerprint density at radius 3 is 2.44 bits per heavy atom. The first-order valence-electron chi connectivity index (χ1n) is 9.27. The Labute approximate surface area is 160 Å². The SMILES string of the molecule is Cc1cc2c(C)c(C(=O)N[C@H](CC=O)Cc3ccccc3)n(C)c2cc1C. The van der Waals surface area contributed by atoms with Crippen LogP contribution in [0.15, 0.2) is 42.5 Å². The maximum Gasteiger partial charge on any atom is 0.268 e. The van der Waals surface area contributed by atoms with E-state index in [9.17, 15) is 9.59 Å². The Balaban J connectivity index is 1.91. The first-order chi connectivity index (χ1) is 12.9. The molecule has 3 aromatic rings. The van der Waals surface area contributed by atoms with E-state index in [4.69, 9.17) is 0 Å². The van der Waals surface area contributed by atoms with Crippen LogP contribution in [0.1, 0.15) is 39.2 Å². The third-order valence-electron chi connectivity index (χ3n) is 5.32. The first kappa shape index (κ1) is 18.9. The first-order valence-corrected chi connectivity index (χ1v) is 9.27. The minimum atomic E-state index is -0.224. The minimum absolute atomic E-state index is 0.135. The number of hydrogen-bond acceptors (Lipinski definition) is 2. The minimum Gasteiger partial charge on any atom is -0.347 e. The van der Waals surface area contributed by atoms with Crippen molar-refractivity contribution >= 4 is 23.1 Å². The van der Waals surface area contributed by atoms with Gasteiger partial charge in [-0.15, -0.1) is 0 Å². The van der Waals surface area contributed by atoms with E-state index in [1.54, 1.807) is 0 Å². The van der Waals surface area contributed by atoms with Crippen LogP contribution in [-0.2, 0) is 18.3 Å². The van der Waals surface area contributed by atoms with Gasteiger partial charge in [-0.3, -0.25) is 4.79 Å². The number of nitrogens with one attached hydrogen (secondary N) is 1. The van der Waals surface area contributed by atoms with Crippen molar-refractivity contribution in [3.8, 4) is 0 Å². The average Bonchev–Trinajstić information content (AvgIpc) is 2.87. The van der Waals surface area contributed by atoms with E-state index in [0.717, 1.165) is 28.3 Å². The standard InChI is InChI=1S/C23H26N2O2/c1-15-12-20-17(3)22(25(4)21(20)13-16(15)2)23(27)24-19(10-11-26)14-18-8-6-5-7-9-18/h5-9,11-13,19H,10,14H2,1-4H3,(H,24,27)/t19-/m1/s1. The van der Waals surface area contributed by atoms with Crippen LogP contribution >= 0.6 is 0 Å². The molecule has 0 radical (unpaired) electrons. The summed E-state index contributed by atoms with van der Waals surface area (Å²) in [6.07, 6.45) is 1.79. The number of carbonyl (C=O) groups excluding carboxylic acids is 2. The summed E-state index contributed by atoms with van der Waals surface area (Å²) in [5.41, 5.74) is 6.20. The van der Waals surface area contributed by atoms with Crippen molar-refractivity contribution in [3.63, 3.8) is 0 Å². The zero-order valence-electron chi connectivity index (χ0n) is 16.4. The number of benzene rings is 2. The van der Waals surface area contributed by atoms with Gasteiger partial charge in [-0.2, -0.15) is 0 Å². The Morgan fingerprint density at radius 2 is 1.78 bits per heavy atom. The number of amides is 1. The number of aromatic nitrogens is 1. The number of aldehydes is 1. The van der Waals surface area contributed by atoms with Crippen molar-refractivity contribution in [1.29, 1.82) is 0 Å². The molecule has 0 aliphatic carbocycles. The van der Waals surface area contributed by atoms with Gasteiger partial charge in [0.25, 0.3) is 5.91 Å². The molecule has 1 N–H and O–H groups in total. The molecule has 1 amide bonds. The lowest BCUT2D eigenvalue weighted by atomic mass is 10.0. The summed E-state index contributed by atoms with van der Waals surface area (Å²) in [5.74, 6) is -0.135. The molecule has 4 heteroatoms. The zero-order chi connectivity index (χ0) is 19.6. The smallest absolute Gasteiger partial charge is 0.268 e. The molecule has 27 heavy (non-hydrogen) atoms. The van der Waals surface area contributed by atoms with Gasteiger partial charge in [-0.25, -0.2) is 0 Å². The van der Waals surface area contributed by atoms with E-state index in [1.165, 1.54) is 11.1 Å². The van der Waals surface area contributed by atoms with E-state index < -0.39 is 0 Å². The van der Waals surface area contributed by atoms with E-state index in [1.807, 2.05) is 48.9 Å². The third-order valence-corrected chi connectivity index (χ3v) is 5.32. The maximum absolute atomic E-state index is 13.1. The third kappa shape index (κ3) is 3.80. The summed E-state index contributed by atoms with van der Waals surface area (Å²) in [6.45, 7) is 6.15. The van der Waals surface area contributed by atoms with Gasteiger partial charge >= 0.3 is 0 Å². The number of aryl methyl sites for hydroxylation is 4. The summed E-state index contributed by atoms with van der Waals surface area (Å²) < 4.78 is 1.95. The molecule has 4 nitrogen and oxygen atoms in total. The van der Waals surface area contributed by atoms with Gasteiger partial charge < -0.3 is 14.7 Å². The van der Waals surface area contributed by atoms with E-state index >= 15 is 0 Å². The van der Waals surface area contributed by atoms with Crippen molar-refractivity contribution in [2.24, 2.45) is 7.05 Å². The molecule has 0 aliphatic rings. The molecule has 1 atom stereocenters. The van der Waals surface area contributed by atoms with E-state index in [-0.39, 0.29) is 11.9 Å². The van der Waals surface area contributed by atoms with Crippen LogP contribution in [0.25, 0.3) is 10.9 Å². The van der Waals surface area contributed by atoms with Crippen LogP contribution in [0.2, 0.25) is 0 Å². The topological polar surface area (TPSA) is 51.1 Å². The zero-order valence-corrected chi connectivity index (χ0v) is 16.4. The highest BCUT2D eigenvalue weighted by molar-refractivity contribution is 6.02. The van der Waals surface area contributed by atoms with Crippen molar-refractivity contribution in [2.75, 3.05) is 0 Å². The maximum atomic E-state index is 13.1. The predicted octanol–water partition coefficient (Wildman–Crippen LogP) is 4.03. The second kappa shape index (κ2) is 7.78. The van der Waals surface area contributed by atoms with Crippen molar-refractivity contribution in [3.05, 3.63) is 70.4 Å². The molecule has 0 fully saturated rings. The number of hydrogen-bond donors (Lipinski definition) is 1. The molecular weight excluding hydrogens is 336 g/mol. The van der Waals surface area contributed by atoms with E-state index in [0.29, 0.717) is 18.5 Å². The fraction of sp³-hybridized carbons (Fsp3) is 0.304. The van der Waals surface area contributed by atoms with Crippen LogP contribution in [0.4, 0.5) is 0 Å². The Kier molecular flexibility index (Phi) is 5.45. The lowest BCUT2D eigenvalue weighted by Gasteiger charge is -2.17. The average molecular weight is 362 g/mol. The van der Waals surface area contributed by atoms with Gasteiger partial charge in [0.1, 0.15) is 12.0 Å². The number of fused-ring (bicyclic) bond motifs is 1. The van der Waals surface area contributed by atoms with Crippen LogP contribution in [0.3, 0.4) is 0 Å². The molecule has 1 heterocycles. The molecule has 0 saturated heterocycles. The Bertz CT molecular complexity index is 942. The van der Waals surface area contributed by atoms with Gasteiger partial charge in [-0.1, -0.05) is 30.3 Å². The van der Waals surface area contributed by atoms with Gasteiger partial charge in [0.15, 0.2) is 0 Å². The normalized spacial score (nSPS) is 12.1. The number of carbonyl (C=O) groups is 2. The van der Waals surface area contributed by atoms with Gasteiger partial charge in [0.05, 0.1) is 0 Å². The van der Waals surface area contributed by atoms with Gasteiger partial charge in [0, 0.05) is 30.4 Å². The highest BCUT2D eigenvalue weighted by Crippen LogP contribution is 2.27. The summed E-state index contributed by atoms with van der Waals surface area (Å²) in [6, 6.07) is 14.0. The molecule has 0 unspecified atom stereocenters. The fourth-order valence-corrected chi connectivity index (χ4v) is 3.66. The highest BCUT2D eigenvalue weighted by atomic mass is 16.2. The van der Waals surface area contributed by atoms with Crippen molar-refractivity contribution in [2.45, 2.75) is 39.7 Å². The second-order valence-electron chi connectivity index (χ2n) is 7.25. The monoisotopic (exact) mass is 362 g/mol. The van der Waals surface area contributed by atoms with Crippen LogP contribution in [0, 0.1) is 20.8 Å². The Hall–Kier alpha value is -2.88. The molecule has 0 spiro atoms. The molecule has 0 bridgehead atoms. The van der Waals surface area contributed by atoms with Crippen molar-refractivity contribution < 1.29 is 9.59 Å². The largest absolute Gasteiger partial charge is 0.347 e. The summed E-state index contributed by atoms with van der Waals surface area (Å²) in [4.78, 5) is 24.2. The molecular formula is C23H26N2O2. The fourth-order valence-electron chi connectivity index (χ4n) is 3.66. The van der Waals surface area contributed by atoms with E-state index in [2.05, 4.69) is 31.3 Å².